The van der Waals surface area contributed by atoms with Gasteiger partial charge in [0.1, 0.15) is 10.5 Å². The highest BCUT2D eigenvalue weighted by Gasteiger charge is 2.23. The maximum atomic E-state index is 13.4. The molecule has 0 atom stereocenters. The molecule has 42 heavy (non-hydrogen) atoms. The standard InChI is InChI=1S/C29H38N6O6S/c1-6-21-24(42-18(2)31-21)25(36)33-27-32-22-16-19(26(37)38)15-20(17-34-11-13-40-14-12-34)23(22)35(27)10-8-7-9-30-28(39)41-29(3,4)5/h7-8,15-16H,6,9-14,17H2,1-5H3,(H,30,39)(H,37,38)(H,32,33,36). The Kier molecular flexibility index (Phi) is 9.97. The molecule has 3 N–H and O–H groups in total. The smallest absolute Gasteiger partial charge is 0.407 e. The number of carboxylic acid groups (broad SMARTS) is 1. The van der Waals surface area contributed by atoms with Gasteiger partial charge in [-0.25, -0.2) is 19.6 Å². The number of hydrogen-bond acceptors (Lipinski definition) is 9. The van der Waals surface area contributed by atoms with Crippen LogP contribution in [0.25, 0.3) is 11.0 Å². The number of ether oxygens (including phenoxy) is 2. The number of aryl methyl sites for hydroxylation is 2. The van der Waals surface area contributed by atoms with E-state index in [0.717, 1.165) is 29.2 Å². The predicted molar refractivity (Wildman–Crippen MR) is 160 cm³/mol. The Morgan fingerprint density at radius 2 is 1.90 bits per heavy atom. The molecule has 0 radical (unpaired) electrons. The van der Waals surface area contributed by atoms with Gasteiger partial charge < -0.3 is 24.5 Å². The Morgan fingerprint density at radius 1 is 1.17 bits per heavy atom. The number of anilines is 1. The Morgan fingerprint density at radius 3 is 2.57 bits per heavy atom. The van der Waals surface area contributed by atoms with E-state index in [1.54, 1.807) is 32.9 Å². The number of hydrogen-bond donors (Lipinski definition) is 3. The molecule has 3 aromatic rings. The van der Waals surface area contributed by atoms with Crippen LogP contribution in [0.4, 0.5) is 10.7 Å². The van der Waals surface area contributed by atoms with Gasteiger partial charge in [-0.15, -0.1) is 11.3 Å². The van der Waals surface area contributed by atoms with Crippen LogP contribution in [0, 0.1) is 6.92 Å². The first-order valence-electron chi connectivity index (χ1n) is 13.9. The molecule has 1 aliphatic rings. The quantitative estimate of drug-likeness (QED) is 0.292. The van der Waals surface area contributed by atoms with E-state index in [1.807, 2.05) is 24.5 Å². The first-order valence-corrected chi connectivity index (χ1v) is 14.7. The van der Waals surface area contributed by atoms with Crippen LogP contribution in [-0.2, 0) is 29.0 Å². The van der Waals surface area contributed by atoms with Crippen molar-refractivity contribution in [3.8, 4) is 0 Å². The fourth-order valence-electron chi connectivity index (χ4n) is 4.64. The summed E-state index contributed by atoms with van der Waals surface area (Å²) in [4.78, 5) is 49.3. The number of fused-ring (bicyclic) bond motifs is 1. The summed E-state index contributed by atoms with van der Waals surface area (Å²) < 4.78 is 12.6. The van der Waals surface area contributed by atoms with Gasteiger partial charge in [0.2, 0.25) is 5.95 Å². The highest BCUT2D eigenvalue weighted by atomic mass is 32.1. The number of allylic oxidation sites excluding steroid dienone is 1. The van der Waals surface area contributed by atoms with Crippen LogP contribution < -0.4 is 10.6 Å². The van der Waals surface area contributed by atoms with Crippen LogP contribution in [0.5, 0.6) is 0 Å². The van der Waals surface area contributed by atoms with E-state index in [4.69, 9.17) is 9.47 Å². The lowest BCUT2D eigenvalue weighted by atomic mass is 10.1. The number of aromatic nitrogens is 3. The minimum atomic E-state index is -1.05. The molecule has 226 valence electrons. The molecule has 2 amide bonds. The topological polar surface area (TPSA) is 148 Å². The Hall–Kier alpha value is -3.81. The molecule has 3 heterocycles. The number of aromatic carboxylic acids is 1. The summed E-state index contributed by atoms with van der Waals surface area (Å²) in [6, 6.07) is 3.19. The van der Waals surface area contributed by atoms with E-state index in [9.17, 15) is 19.5 Å². The Balaban J connectivity index is 1.69. The van der Waals surface area contributed by atoms with E-state index in [-0.39, 0.29) is 18.0 Å². The Bertz CT molecular complexity index is 1480. The van der Waals surface area contributed by atoms with Crippen molar-refractivity contribution in [1.29, 1.82) is 0 Å². The molecular weight excluding hydrogens is 560 g/mol. The molecule has 1 aromatic carbocycles. The lowest BCUT2D eigenvalue weighted by Gasteiger charge is -2.27. The molecule has 4 rings (SSSR count). The molecule has 1 fully saturated rings. The van der Waals surface area contributed by atoms with Crippen molar-refractivity contribution in [1.82, 2.24) is 24.8 Å². The Labute approximate surface area is 248 Å². The summed E-state index contributed by atoms with van der Waals surface area (Å²) >= 11 is 1.32. The van der Waals surface area contributed by atoms with Crippen LogP contribution in [-0.4, -0.2) is 81.0 Å². The van der Waals surface area contributed by atoms with Crippen molar-refractivity contribution in [3.05, 3.63) is 51.0 Å². The van der Waals surface area contributed by atoms with Gasteiger partial charge in [0.15, 0.2) is 0 Å². The summed E-state index contributed by atoms with van der Waals surface area (Å²) in [7, 11) is 0. The second-order valence-corrected chi connectivity index (χ2v) is 12.1. The second kappa shape index (κ2) is 13.4. The van der Waals surface area contributed by atoms with Crippen molar-refractivity contribution in [2.24, 2.45) is 0 Å². The lowest BCUT2D eigenvalue weighted by Crippen LogP contribution is -2.35. The summed E-state index contributed by atoms with van der Waals surface area (Å²) in [5.41, 5.74) is 2.20. The van der Waals surface area contributed by atoms with Crippen LogP contribution in [0.2, 0.25) is 0 Å². The van der Waals surface area contributed by atoms with Crippen LogP contribution >= 0.6 is 11.3 Å². The number of carbonyl (C=O) groups is 3. The van der Waals surface area contributed by atoms with Crippen molar-refractivity contribution in [3.63, 3.8) is 0 Å². The maximum Gasteiger partial charge on any atom is 0.407 e. The van der Waals surface area contributed by atoms with Gasteiger partial charge in [-0.05, 0) is 51.8 Å². The van der Waals surface area contributed by atoms with Crippen molar-refractivity contribution in [2.75, 3.05) is 38.2 Å². The third-order valence-corrected chi connectivity index (χ3v) is 7.47. The average molecular weight is 599 g/mol. The number of nitrogens with one attached hydrogen (secondary N) is 2. The predicted octanol–water partition coefficient (Wildman–Crippen LogP) is 4.23. The first-order chi connectivity index (χ1) is 19.9. The van der Waals surface area contributed by atoms with Gasteiger partial charge >= 0.3 is 12.1 Å². The minimum absolute atomic E-state index is 0.122. The SMILES string of the molecule is CCc1nc(C)sc1C(=O)Nc1nc2cc(C(=O)O)cc(CN3CCOCC3)c2n1CC=CCNC(=O)OC(C)(C)C. The maximum absolute atomic E-state index is 13.4. The number of thiazole rings is 1. The molecule has 13 heteroatoms. The molecule has 0 spiro atoms. The number of alkyl carbamates (subject to hydrolysis) is 1. The molecular formula is C29H38N6O6S. The van der Waals surface area contributed by atoms with Gasteiger partial charge in [0, 0.05) is 32.7 Å². The second-order valence-electron chi connectivity index (χ2n) is 10.9. The molecule has 1 saturated heterocycles. The van der Waals surface area contributed by atoms with E-state index in [2.05, 4.69) is 25.5 Å². The summed E-state index contributed by atoms with van der Waals surface area (Å²) in [5.74, 6) is -1.09. The van der Waals surface area contributed by atoms with Crippen molar-refractivity contribution < 1.29 is 29.0 Å². The zero-order valence-corrected chi connectivity index (χ0v) is 25.5. The van der Waals surface area contributed by atoms with Crippen LogP contribution in [0.15, 0.2) is 24.3 Å². The summed E-state index contributed by atoms with van der Waals surface area (Å²) in [6.45, 7) is 12.9. The number of amides is 2. The fourth-order valence-corrected chi connectivity index (χ4v) is 5.54. The largest absolute Gasteiger partial charge is 0.478 e. The number of carbonyl (C=O) groups excluding carboxylic acids is 2. The highest BCUT2D eigenvalue weighted by molar-refractivity contribution is 7.13. The van der Waals surface area contributed by atoms with E-state index in [1.165, 1.54) is 17.4 Å². The van der Waals surface area contributed by atoms with Gasteiger partial charge in [0.25, 0.3) is 5.91 Å². The van der Waals surface area contributed by atoms with Gasteiger partial charge in [-0.1, -0.05) is 19.1 Å². The molecule has 0 saturated carbocycles. The molecule has 2 aromatic heterocycles. The monoisotopic (exact) mass is 598 g/mol. The first kappa shape index (κ1) is 31.1. The van der Waals surface area contributed by atoms with Crippen molar-refractivity contribution in [2.45, 2.75) is 59.7 Å². The van der Waals surface area contributed by atoms with E-state index in [0.29, 0.717) is 54.8 Å². The van der Waals surface area contributed by atoms with Gasteiger partial charge in [-0.3, -0.25) is 15.0 Å². The van der Waals surface area contributed by atoms with E-state index >= 15 is 0 Å². The van der Waals surface area contributed by atoms with Crippen molar-refractivity contribution >= 4 is 46.3 Å². The number of rotatable bonds is 10. The van der Waals surface area contributed by atoms with Gasteiger partial charge in [-0.2, -0.15) is 0 Å². The van der Waals surface area contributed by atoms with E-state index < -0.39 is 17.7 Å². The zero-order chi connectivity index (χ0) is 30.4. The summed E-state index contributed by atoms with van der Waals surface area (Å²) in [6.07, 6.45) is 3.74. The molecule has 0 aliphatic carbocycles. The molecule has 12 nitrogen and oxygen atoms in total. The lowest BCUT2D eigenvalue weighted by molar-refractivity contribution is 0.0343. The number of benzene rings is 1. The molecule has 0 unspecified atom stereocenters. The third-order valence-electron chi connectivity index (χ3n) is 6.45. The summed E-state index contributed by atoms with van der Waals surface area (Å²) in [5, 5.41) is 16.3. The normalized spacial score (nSPS) is 14.4. The number of nitrogens with zero attached hydrogens (tertiary/aromatic N) is 4. The van der Waals surface area contributed by atoms with Crippen LogP contribution in [0.1, 0.15) is 64.0 Å². The number of imidazole rings is 1. The van der Waals surface area contributed by atoms with Gasteiger partial charge in [0.05, 0.1) is 40.5 Å². The minimum Gasteiger partial charge on any atom is -0.478 e. The molecule has 1 aliphatic heterocycles. The average Bonchev–Trinajstić information content (AvgIpc) is 3.47. The third kappa shape index (κ3) is 7.93. The number of carboxylic acids is 1. The fraction of sp³-hybridized carbons (Fsp3) is 0.483. The molecule has 0 bridgehead atoms. The number of morpholine rings is 1. The van der Waals surface area contributed by atoms with Crippen LogP contribution in [0.3, 0.4) is 0 Å². The highest BCUT2D eigenvalue weighted by Crippen LogP contribution is 2.28. The zero-order valence-electron chi connectivity index (χ0n) is 24.7.